The van der Waals surface area contributed by atoms with E-state index in [-0.39, 0.29) is 6.03 Å². The van der Waals surface area contributed by atoms with Gasteiger partial charge in [-0.15, -0.1) is 0 Å². The fraction of sp³-hybridized carbons (Fsp3) is 0.235. The Bertz CT molecular complexity index is 639. The fourth-order valence-corrected chi connectivity index (χ4v) is 2.08. The molecular formula is C17H17F3N2O. The Morgan fingerprint density at radius 2 is 1.65 bits per heavy atom. The second-order valence-corrected chi connectivity index (χ2v) is 5.01. The van der Waals surface area contributed by atoms with Crippen LogP contribution in [0, 0.1) is 0 Å². The Hall–Kier alpha value is -2.50. The van der Waals surface area contributed by atoms with Crippen LogP contribution in [0.5, 0.6) is 0 Å². The van der Waals surface area contributed by atoms with E-state index in [9.17, 15) is 18.0 Å². The van der Waals surface area contributed by atoms with Crippen molar-refractivity contribution in [2.24, 2.45) is 0 Å². The molecular weight excluding hydrogens is 305 g/mol. The number of benzene rings is 2. The standard InChI is InChI=1S/C17H17F3N2O/c1-2-22(12-13-6-4-3-5-7-13)16(23)21-15-10-8-14(9-11-15)17(18,19)20/h3-11H,2,12H2,1H3,(H,21,23). The lowest BCUT2D eigenvalue weighted by molar-refractivity contribution is -0.137. The van der Waals surface area contributed by atoms with Gasteiger partial charge in [0.15, 0.2) is 0 Å². The highest BCUT2D eigenvalue weighted by molar-refractivity contribution is 5.89. The van der Waals surface area contributed by atoms with Crippen LogP contribution in [-0.2, 0) is 12.7 Å². The van der Waals surface area contributed by atoms with Gasteiger partial charge in [-0.25, -0.2) is 4.79 Å². The Morgan fingerprint density at radius 3 is 2.17 bits per heavy atom. The van der Waals surface area contributed by atoms with Gasteiger partial charge in [-0.2, -0.15) is 13.2 Å². The number of halogens is 3. The van der Waals surface area contributed by atoms with Crippen LogP contribution in [0.25, 0.3) is 0 Å². The number of hydrogen-bond donors (Lipinski definition) is 1. The van der Waals surface area contributed by atoms with Gasteiger partial charge in [0.05, 0.1) is 5.56 Å². The van der Waals surface area contributed by atoms with Gasteiger partial charge in [0, 0.05) is 18.8 Å². The zero-order valence-corrected chi connectivity index (χ0v) is 12.6. The summed E-state index contributed by atoms with van der Waals surface area (Å²) in [5, 5.41) is 2.61. The average Bonchev–Trinajstić information content (AvgIpc) is 2.53. The molecule has 3 nitrogen and oxygen atoms in total. The lowest BCUT2D eigenvalue weighted by Gasteiger charge is -2.21. The molecule has 0 heterocycles. The molecule has 0 atom stereocenters. The lowest BCUT2D eigenvalue weighted by Crippen LogP contribution is -2.34. The molecule has 0 bridgehead atoms. The van der Waals surface area contributed by atoms with Gasteiger partial charge in [-0.05, 0) is 36.8 Å². The molecule has 0 unspecified atom stereocenters. The molecule has 2 aromatic rings. The third-order valence-corrected chi connectivity index (χ3v) is 3.35. The zero-order valence-electron chi connectivity index (χ0n) is 12.6. The second kappa shape index (κ2) is 7.17. The molecule has 6 heteroatoms. The summed E-state index contributed by atoms with van der Waals surface area (Å²) in [4.78, 5) is 13.8. The highest BCUT2D eigenvalue weighted by atomic mass is 19.4. The summed E-state index contributed by atoms with van der Waals surface area (Å²) in [5.41, 5.74) is 0.568. The first kappa shape index (κ1) is 16.9. The molecule has 0 aliphatic carbocycles. The maximum absolute atomic E-state index is 12.5. The highest BCUT2D eigenvalue weighted by Crippen LogP contribution is 2.29. The number of nitrogens with one attached hydrogen (secondary N) is 1. The van der Waals surface area contributed by atoms with E-state index >= 15 is 0 Å². The molecule has 0 saturated carbocycles. The highest BCUT2D eigenvalue weighted by Gasteiger charge is 2.30. The second-order valence-electron chi connectivity index (χ2n) is 5.01. The van der Waals surface area contributed by atoms with Gasteiger partial charge in [0.2, 0.25) is 0 Å². The van der Waals surface area contributed by atoms with Crippen molar-refractivity contribution in [1.29, 1.82) is 0 Å². The monoisotopic (exact) mass is 322 g/mol. The molecule has 0 aromatic heterocycles. The quantitative estimate of drug-likeness (QED) is 0.865. The number of alkyl halides is 3. The smallest absolute Gasteiger partial charge is 0.320 e. The van der Waals surface area contributed by atoms with Gasteiger partial charge in [0.25, 0.3) is 0 Å². The first-order valence-electron chi connectivity index (χ1n) is 7.17. The number of carbonyl (C=O) groups is 1. The van der Waals surface area contributed by atoms with E-state index in [1.807, 2.05) is 37.3 Å². The van der Waals surface area contributed by atoms with E-state index in [1.54, 1.807) is 4.90 Å². The molecule has 0 radical (unpaired) electrons. The Morgan fingerprint density at radius 1 is 1.04 bits per heavy atom. The van der Waals surface area contributed by atoms with Crippen molar-refractivity contribution in [1.82, 2.24) is 4.90 Å². The molecule has 2 amide bonds. The molecule has 0 spiro atoms. The number of hydrogen-bond acceptors (Lipinski definition) is 1. The minimum atomic E-state index is -4.38. The van der Waals surface area contributed by atoms with Gasteiger partial charge in [-0.3, -0.25) is 0 Å². The molecule has 2 rings (SSSR count). The summed E-state index contributed by atoms with van der Waals surface area (Å²) >= 11 is 0. The SMILES string of the molecule is CCN(Cc1ccccc1)C(=O)Nc1ccc(C(F)(F)F)cc1. The van der Waals surface area contributed by atoms with Crippen LogP contribution in [-0.4, -0.2) is 17.5 Å². The number of anilines is 1. The van der Waals surface area contributed by atoms with Crippen molar-refractivity contribution in [2.45, 2.75) is 19.6 Å². The van der Waals surface area contributed by atoms with E-state index in [2.05, 4.69) is 5.32 Å². The van der Waals surface area contributed by atoms with Crippen molar-refractivity contribution in [3.63, 3.8) is 0 Å². The predicted octanol–water partition coefficient (Wildman–Crippen LogP) is 4.76. The summed E-state index contributed by atoms with van der Waals surface area (Å²) in [6.45, 7) is 2.76. The van der Waals surface area contributed by atoms with Crippen LogP contribution in [0.4, 0.5) is 23.7 Å². The normalized spacial score (nSPS) is 11.1. The average molecular weight is 322 g/mol. The van der Waals surface area contributed by atoms with Gasteiger partial charge in [0.1, 0.15) is 0 Å². The van der Waals surface area contributed by atoms with Gasteiger partial charge < -0.3 is 10.2 Å². The number of nitrogens with zero attached hydrogens (tertiary/aromatic N) is 1. The number of amides is 2. The first-order chi connectivity index (χ1) is 10.9. The molecule has 0 fully saturated rings. The topological polar surface area (TPSA) is 32.3 Å². The molecule has 0 aliphatic rings. The van der Waals surface area contributed by atoms with Crippen LogP contribution in [0.15, 0.2) is 54.6 Å². The van der Waals surface area contributed by atoms with E-state index in [0.717, 1.165) is 17.7 Å². The Kier molecular flexibility index (Phi) is 5.26. The minimum absolute atomic E-state index is 0.328. The van der Waals surface area contributed by atoms with Crippen LogP contribution >= 0.6 is 0 Å². The molecule has 0 aliphatic heterocycles. The zero-order chi connectivity index (χ0) is 16.9. The Labute approximate surface area is 132 Å². The number of carbonyl (C=O) groups excluding carboxylic acids is 1. The summed E-state index contributed by atoms with van der Waals surface area (Å²) in [5.74, 6) is 0. The van der Waals surface area contributed by atoms with Crippen molar-refractivity contribution in [3.05, 3.63) is 65.7 Å². The summed E-state index contributed by atoms with van der Waals surface area (Å²) in [6.07, 6.45) is -4.38. The summed E-state index contributed by atoms with van der Waals surface area (Å²) in [6, 6.07) is 13.5. The number of urea groups is 1. The molecule has 2 aromatic carbocycles. The molecule has 1 N–H and O–H groups in total. The largest absolute Gasteiger partial charge is 0.416 e. The third-order valence-electron chi connectivity index (χ3n) is 3.35. The van der Waals surface area contributed by atoms with E-state index in [4.69, 9.17) is 0 Å². The van der Waals surface area contributed by atoms with Crippen LogP contribution < -0.4 is 5.32 Å². The first-order valence-corrected chi connectivity index (χ1v) is 7.17. The van der Waals surface area contributed by atoms with Gasteiger partial charge in [-0.1, -0.05) is 30.3 Å². The summed E-state index contributed by atoms with van der Waals surface area (Å²) in [7, 11) is 0. The van der Waals surface area contributed by atoms with Crippen molar-refractivity contribution < 1.29 is 18.0 Å². The van der Waals surface area contributed by atoms with Crippen LogP contribution in [0.3, 0.4) is 0 Å². The maximum atomic E-state index is 12.5. The van der Waals surface area contributed by atoms with Gasteiger partial charge >= 0.3 is 12.2 Å². The number of rotatable bonds is 4. The Balaban J connectivity index is 2.02. The van der Waals surface area contributed by atoms with E-state index in [0.29, 0.717) is 18.8 Å². The molecule has 23 heavy (non-hydrogen) atoms. The maximum Gasteiger partial charge on any atom is 0.416 e. The predicted molar refractivity (Wildman–Crippen MR) is 83.0 cm³/mol. The molecule has 0 saturated heterocycles. The van der Waals surface area contributed by atoms with Crippen molar-refractivity contribution in [2.75, 3.05) is 11.9 Å². The van der Waals surface area contributed by atoms with Crippen molar-refractivity contribution >= 4 is 11.7 Å². The summed E-state index contributed by atoms with van der Waals surface area (Å²) < 4.78 is 37.5. The minimum Gasteiger partial charge on any atom is -0.320 e. The van der Waals surface area contributed by atoms with Crippen molar-refractivity contribution in [3.8, 4) is 0 Å². The van der Waals surface area contributed by atoms with Crippen LogP contribution in [0.2, 0.25) is 0 Å². The molecule has 122 valence electrons. The lowest BCUT2D eigenvalue weighted by atomic mass is 10.2. The third kappa shape index (κ3) is 4.74. The fourth-order valence-electron chi connectivity index (χ4n) is 2.08. The van der Waals surface area contributed by atoms with Crippen LogP contribution in [0.1, 0.15) is 18.1 Å². The van der Waals surface area contributed by atoms with E-state index in [1.165, 1.54) is 12.1 Å². The van der Waals surface area contributed by atoms with E-state index < -0.39 is 11.7 Å².